The highest BCUT2D eigenvalue weighted by molar-refractivity contribution is 9.11. The summed E-state index contributed by atoms with van der Waals surface area (Å²) in [6.07, 6.45) is 1.67. The van der Waals surface area contributed by atoms with Crippen molar-refractivity contribution in [2.45, 2.75) is 6.04 Å². The van der Waals surface area contributed by atoms with Gasteiger partial charge in [0.25, 0.3) is 0 Å². The molecule has 0 bridgehead atoms. The average molecular weight is 446 g/mol. The second-order valence-corrected chi connectivity index (χ2v) is 6.42. The van der Waals surface area contributed by atoms with Crippen molar-refractivity contribution < 1.29 is 0 Å². The largest absolute Gasteiger partial charge is 0.365 e. The molecular formula is C13H8Br3N3. The third-order valence-electron chi connectivity index (χ3n) is 2.39. The van der Waals surface area contributed by atoms with Gasteiger partial charge in [0.05, 0.1) is 11.8 Å². The molecule has 1 unspecified atom stereocenters. The van der Waals surface area contributed by atoms with Gasteiger partial charge in [0.15, 0.2) is 6.04 Å². The van der Waals surface area contributed by atoms with Crippen molar-refractivity contribution in [2.75, 3.05) is 5.32 Å². The van der Waals surface area contributed by atoms with Gasteiger partial charge in [-0.15, -0.1) is 0 Å². The van der Waals surface area contributed by atoms with Gasteiger partial charge in [0.2, 0.25) is 0 Å². The van der Waals surface area contributed by atoms with Gasteiger partial charge >= 0.3 is 0 Å². The minimum Gasteiger partial charge on any atom is -0.365 e. The van der Waals surface area contributed by atoms with Gasteiger partial charge in [0, 0.05) is 25.3 Å². The molecule has 96 valence electrons. The van der Waals surface area contributed by atoms with E-state index in [0.717, 1.165) is 19.1 Å². The van der Waals surface area contributed by atoms with Crippen LogP contribution in [0.5, 0.6) is 0 Å². The number of halogens is 3. The molecule has 0 aliphatic carbocycles. The summed E-state index contributed by atoms with van der Waals surface area (Å²) in [6.45, 7) is 0. The maximum atomic E-state index is 9.29. The van der Waals surface area contributed by atoms with Crippen LogP contribution in [0, 0.1) is 11.3 Å². The van der Waals surface area contributed by atoms with Gasteiger partial charge in [-0.1, -0.05) is 15.9 Å². The molecule has 2 aromatic rings. The van der Waals surface area contributed by atoms with E-state index in [0.29, 0.717) is 5.69 Å². The Bertz CT molecular complexity index is 620. The van der Waals surface area contributed by atoms with E-state index in [-0.39, 0.29) is 0 Å². The number of hydrogen-bond donors (Lipinski definition) is 1. The summed E-state index contributed by atoms with van der Waals surface area (Å²) in [6, 6.07) is 11.2. The lowest BCUT2D eigenvalue weighted by Gasteiger charge is -2.14. The Kier molecular flexibility index (Phi) is 4.97. The zero-order valence-electron chi connectivity index (χ0n) is 9.57. The Morgan fingerprint density at radius 1 is 1.11 bits per heavy atom. The van der Waals surface area contributed by atoms with Gasteiger partial charge in [-0.2, -0.15) is 5.26 Å². The summed E-state index contributed by atoms with van der Waals surface area (Å²) in [5, 5.41) is 12.4. The predicted octanol–water partition coefficient (Wildman–Crippen LogP) is 5.05. The maximum Gasteiger partial charge on any atom is 0.158 e. The number of hydrogen-bond acceptors (Lipinski definition) is 3. The topological polar surface area (TPSA) is 48.7 Å². The second-order valence-electron chi connectivity index (χ2n) is 3.73. The lowest BCUT2D eigenvalue weighted by Crippen LogP contribution is -2.11. The highest BCUT2D eigenvalue weighted by Crippen LogP contribution is 2.27. The van der Waals surface area contributed by atoms with Crippen LogP contribution in [-0.4, -0.2) is 4.98 Å². The van der Waals surface area contributed by atoms with Crippen LogP contribution in [0.4, 0.5) is 5.69 Å². The monoisotopic (exact) mass is 443 g/mol. The van der Waals surface area contributed by atoms with E-state index in [1.807, 2.05) is 30.3 Å². The van der Waals surface area contributed by atoms with Crippen LogP contribution in [0.3, 0.4) is 0 Å². The number of nitriles is 1. The Morgan fingerprint density at radius 3 is 2.37 bits per heavy atom. The smallest absolute Gasteiger partial charge is 0.158 e. The molecule has 1 aromatic heterocycles. The van der Waals surface area contributed by atoms with Crippen LogP contribution in [0.15, 0.2) is 49.9 Å². The number of aromatic nitrogens is 1. The molecule has 2 rings (SSSR count). The van der Waals surface area contributed by atoms with Crippen molar-refractivity contribution in [2.24, 2.45) is 0 Å². The first-order chi connectivity index (χ1) is 9.10. The summed E-state index contributed by atoms with van der Waals surface area (Å²) in [4.78, 5) is 4.27. The second kappa shape index (κ2) is 6.51. The molecular weight excluding hydrogens is 438 g/mol. The van der Waals surface area contributed by atoms with Crippen LogP contribution in [-0.2, 0) is 0 Å². The van der Waals surface area contributed by atoms with Gasteiger partial charge in [-0.3, -0.25) is 4.98 Å². The van der Waals surface area contributed by atoms with Gasteiger partial charge in [-0.05, 0) is 62.2 Å². The van der Waals surface area contributed by atoms with E-state index in [2.05, 4.69) is 64.2 Å². The Morgan fingerprint density at radius 2 is 1.79 bits per heavy atom. The summed E-state index contributed by atoms with van der Waals surface area (Å²) in [5.74, 6) is 0. The minimum absolute atomic E-state index is 0.511. The zero-order chi connectivity index (χ0) is 13.8. The zero-order valence-corrected chi connectivity index (χ0v) is 14.3. The molecule has 1 atom stereocenters. The van der Waals surface area contributed by atoms with Crippen molar-refractivity contribution in [3.05, 3.63) is 55.6 Å². The molecule has 0 radical (unpaired) electrons. The van der Waals surface area contributed by atoms with Crippen LogP contribution >= 0.6 is 47.8 Å². The Balaban J connectivity index is 2.25. The first-order valence-electron chi connectivity index (χ1n) is 5.33. The molecule has 0 aliphatic heterocycles. The normalized spacial score (nSPS) is 11.7. The van der Waals surface area contributed by atoms with Crippen molar-refractivity contribution >= 4 is 53.5 Å². The van der Waals surface area contributed by atoms with Crippen molar-refractivity contribution in [1.82, 2.24) is 4.98 Å². The fraction of sp³-hybridized carbons (Fsp3) is 0.0769. The molecule has 1 heterocycles. The van der Waals surface area contributed by atoms with E-state index < -0.39 is 6.04 Å². The Labute approximate surface area is 136 Å². The molecule has 0 saturated heterocycles. The van der Waals surface area contributed by atoms with Crippen LogP contribution in [0.1, 0.15) is 11.7 Å². The summed E-state index contributed by atoms with van der Waals surface area (Å²) in [5.41, 5.74) is 1.53. The fourth-order valence-electron chi connectivity index (χ4n) is 1.51. The first kappa shape index (κ1) is 14.5. The van der Waals surface area contributed by atoms with Gasteiger partial charge in [-0.25, -0.2) is 0 Å². The molecule has 0 saturated carbocycles. The van der Waals surface area contributed by atoms with E-state index >= 15 is 0 Å². The SMILES string of the molecule is N#CC(Nc1ccc(Br)cc1)c1ncc(Br)cc1Br. The number of nitrogens with zero attached hydrogens (tertiary/aromatic N) is 2. The predicted molar refractivity (Wildman–Crippen MR) is 85.8 cm³/mol. The van der Waals surface area contributed by atoms with E-state index in [1.165, 1.54) is 0 Å². The number of pyridine rings is 1. The van der Waals surface area contributed by atoms with Crippen molar-refractivity contribution in [3.8, 4) is 6.07 Å². The van der Waals surface area contributed by atoms with E-state index in [4.69, 9.17) is 0 Å². The number of nitrogens with one attached hydrogen (secondary N) is 1. The van der Waals surface area contributed by atoms with E-state index in [1.54, 1.807) is 6.20 Å². The molecule has 1 N–H and O–H groups in total. The average Bonchev–Trinajstić information content (AvgIpc) is 2.39. The molecule has 3 nitrogen and oxygen atoms in total. The molecule has 0 aliphatic rings. The summed E-state index contributed by atoms with van der Waals surface area (Å²) < 4.78 is 2.65. The fourth-order valence-corrected chi connectivity index (χ4v) is 2.99. The third kappa shape index (κ3) is 3.78. The molecule has 0 amide bonds. The van der Waals surface area contributed by atoms with Crippen LogP contribution in [0.25, 0.3) is 0 Å². The first-order valence-corrected chi connectivity index (χ1v) is 7.70. The highest BCUT2D eigenvalue weighted by Gasteiger charge is 2.15. The Hall–Kier alpha value is -0.900. The number of benzene rings is 1. The number of rotatable bonds is 3. The standard InChI is InChI=1S/C13H8Br3N3/c14-8-1-3-10(4-2-8)19-12(6-17)13-11(16)5-9(15)7-18-13/h1-5,7,12,19H. The maximum absolute atomic E-state index is 9.29. The molecule has 6 heteroatoms. The lowest BCUT2D eigenvalue weighted by molar-refractivity contribution is 0.923. The van der Waals surface area contributed by atoms with Gasteiger partial charge in [0.1, 0.15) is 0 Å². The number of anilines is 1. The van der Waals surface area contributed by atoms with Gasteiger partial charge < -0.3 is 5.32 Å². The molecule has 0 spiro atoms. The van der Waals surface area contributed by atoms with Crippen molar-refractivity contribution in [1.29, 1.82) is 5.26 Å². The summed E-state index contributed by atoms with van der Waals surface area (Å²) >= 11 is 10.1. The van der Waals surface area contributed by atoms with Crippen LogP contribution in [0.2, 0.25) is 0 Å². The molecule has 1 aromatic carbocycles. The van der Waals surface area contributed by atoms with E-state index in [9.17, 15) is 5.26 Å². The lowest BCUT2D eigenvalue weighted by atomic mass is 10.2. The quantitative estimate of drug-likeness (QED) is 0.719. The van der Waals surface area contributed by atoms with Crippen molar-refractivity contribution in [3.63, 3.8) is 0 Å². The highest BCUT2D eigenvalue weighted by atomic mass is 79.9. The molecule has 0 fully saturated rings. The minimum atomic E-state index is -0.511. The summed E-state index contributed by atoms with van der Waals surface area (Å²) in [7, 11) is 0. The van der Waals surface area contributed by atoms with Crippen LogP contribution < -0.4 is 5.32 Å². The molecule has 19 heavy (non-hydrogen) atoms. The third-order valence-corrected chi connectivity index (χ3v) is 3.99.